The summed E-state index contributed by atoms with van der Waals surface area (Å²) in [4.78, 5) is 34.5. The third-order valence-corrected chi connectivity index (χ3v) is 4.15. The van der Waals surface area contributed by atoms with Crippen LogP contribution in [0, 0.1) is 24.0 Å². The predicted octanol–water partition coefficient (Wildman–Crippen LogP) is 2.71. The van der Waals surface area contributed by atoms with Crippen LogP contribution in [0.4, 0.5) is 10.5 Å². The largest absolute Gasteiger partial charge is 0.444 e. The maximum absolute atomic E-state index is 12.2. The summed E-state index contributed by atoms with van der Waals surface area (Å²) in [6.07, 6.45) is -0.537. The van der Waals surface area contributed by atoms with Gasteiger partial charge in [0.15, 0.2) is 0 Å². The maximum atomic E-state index is 12.2. The number of nitro groups is 1. The summed E-state index contributed by atoms with van der Waals surface area (Å²) in [5.74, 6) is -0.269. The Morgan fingerprint density at radius 2 is 1.73 bits per heavy atom. The second-order valence-corrected chi connectivity index (χ2v) is 7.82. The minimum absolute atomic E-state index is 0.0194. The van der Waals surface area contributed by atoms with Crippen LogP contribution >= 0.6 is 0 Å². The Morgan fingerprint density at radius 3 is 2.27 bits per heavy atom. The minimum atomic E-state index is -0.576. The molecule has 1 aromatic carbocycles. The zero-order chi connectivity index (χ0) is 22.5. The highest BCUT2D eigenvalue weighted by molar-refractivity contribution is 5.94. The second kappa shape index (κ2) is 9.38. The van der Waals surface area contributed by atoms with Crippen molar-refractivity contribution < 1.29 is 19.2 Å². The SMILES string of the molecule is Cc1nn(Cc2ccc(C(=O)NCCNC(=O)OC(C)(C)C)cc2)c(C)c1[N+](=O)[O-]. The summed E-state index contributed by atoms with van der Waals surface area (Å²) in [6.45, 7) is 9.45. The quantitative estimate of drug-likeness (QED) is 0.405. The van der Waals surface area contributed by atoms with E-state index < -0.39 is 16.6 Å². The summed E-state index contributed by atoms with van der Waals surface area (Å²) in [5, 5.41) is 20.6. The molecular weight excluding hydrogens is 390 g/mol. The third-order valence-electron chi connectivity index (χ3n) is 4.15. The summed E-state index contributed by atoms with van der Waals surface area (Å²) < 4.78 is 6.69. The van der Waals surface area contributed by atoms with E-state index in [4.69, 9.17) is 4.74 Å². The zero-order valence-corrected chi connectivity index (χ0v) is 17.8. The lowest BCUT2D eigenvalue weighted by Crippen LogP contribution is -2.37. The molecular formula is C20H27N5O5. The standard InChI is InChI=1S/C20H27N5O5/c1-13-17(25(28)29)14(2)24(23-13)12-15-6-8-16(9-7-15)18(26)21-10-11-22-19(27)30-20(3,4)5/h6-9H,10-12H2,1-5H3,(H,21,26)(H,22,27). The molecule has 0 radical (unpaired) electrons. The molecule has 162 valence electrons. The van der Waals surface area contributed by atoms with Gasteiger partial charge < -0.3 is 15.4 Å². The van der Waals surface area contributed by atoms with E-state index in [9.17, 15) is 19.7 Å². The average Bonchev–Trinajstić information content (AvgIpc) is 2.91. The first kappa shape index (κ1) is 22.9. The number of aromatic nitrogens is 2. The number of hydrogen-bond donors (Lipinski definition) is 2. The van der Waals surface area contributed by atoms with Crippen LogP contribution in [0.25, 0.3) is 0 Å². The van der Waals surface area contributed by atoms with Crippen LogP contribution in [-0.4, -0.2) is 45.4 Å². The van der Waals surface area contributed by atoms with Gasteiger partial charge >= 0.3 is 11.8 Å². The number of ether oxygens (including phenoxy) is 1. The molecule has 10 nitrogen and oxygen atoms in total. The Balaban J connectivity index is 1.87. The van der Waals surface area contributed by atoms with Crippen molar-refractivity contribution in [2.75, 3.05) is 13.1 Å². The summed E-state index contributed by atoms with van der Waals surface area (Å²) in [7, 11) is 0. The molecule has 0 spiro atoms. The Hall–Kier alpha value is -3.43. The van der Waals surface area contributed by atoms with Gasteiger partial charge in [-0.25, -0.2) is 4.79 Å². The first-order valence-corrected chi connectivity index (χ1v) is 9.50. The molecule has 0 aliphatic heterocycles. The highest BCUT2D eigenvalue weighted by Gasteiger charge is 2.21. The molecule has 2 rings (SSSR count). The number of carbonyl (C=O) groups excluding carboxylic acids is 2. The Labute approximate surface area is 174 Å². The molecule has 1 aromatic heterocycles. The Bertz CT molecular complexity index is 928. The predicted molar refractivity (Wildman–Crippen MR) is 110 cm³/mol. The summed E-state index contributed by atoms with van der Waals surface area (Å²) in [5.41, 5.74) is 1.62. The van der Waals surface area contributed by atoms with E-state index in [1.165, 1.54) is 0 Å². The van der Waals surface area contributed by atoms with Crippen LogP contribution in [-0.2, 0) is 11.3 Å². The van der Waals surface area contributed by atoms with E-state index in [0.29, 0.717) is 23.5 Å². The van der Waals surface area contributed by atoms with Crippen LogP contribution < -0.4 is 10.6 Å². The number of benzene rings is 1. The van der Waals surface area contributed by atoms with Crippen LogP contribution in [0.5, 0.6) is 0 Å². The highest BCUT2D eigenvalue weighted by atomic mass is 16.6. The monoisotopic (exact) mass is 417 g/mol. The normalized spacial score (nSPS) is 11.1. The van der Waals surface area contributed by atoms with E-state index in [0.717, 1.165) is 5.56 Å². The van der Waals surface area contributed by atoms with Gasteiger partial charge in [-0.1, -0.05) is 12.1 Å². The fourth-order valence-electron chi connectivity index (χ4n) is 2.80. The smallest absolute Gasteiger partial charge is 0.407 e. The van der Waals surface area contributed by atoms with Gasteiger partial charge in [-0.2, -0.15) is 5.10 Å². The lowest BCUT2D eigenvalue weighted by atomic mass is 10.1. The van der Waals surface area contributed by atoms with Crippen molar-refractivity contribution in [2.24, 2.45) is 0 Å². The molecule has 0 fully saturated rings. The average molecular weight is 417 g/mol. The third kappa shape index (κ3) is 6.29. The molecule has 2 N–H and O–H groups in total. The summed E-state index contributed by atoms with van der Waals surface area (Å²) in [6, 6.07) is 6.89. The molecule has 0 aliphatic rings. The van der Waals surface area contributed by atoms with Gasteiger partial charge in [0, 0.05) is 18.7 Å². The molecule has 30 heavy (non-hydrogen) atoms. The van der Waals surface area contributed by atoms with Crippen molar-refractivity contribution >= 4 is 17.7 Å². The molecule has 2 amide bonds. The fraction of sp³-hybridized carbons (Fsp3) is 0.450. The molecule has 0 atom stereocenters. The minimum Gasteiger partial charge on any atom is -0.444 e. The maximum Gasteiger partial charge on any atom is 0.407 e. The number of nitrogens with zero attached hydrogens (tertiary/aromatic N) is 3. The molecule has 0 saturated carbocycles. The topological polar surface area (TPSA) is 128 Å². The first-order chi connectivity index (χ1) is 14.0. The van der Waals surface area contributed by atoms with Crippen LogP contribution in [0.3, 0.4) is 0 Å². The van der Waals surface area contributed by atoms with Gasteiger partial charge in [-0.05, 0) is 52.3 Å². The van der Waals surface area contributed by atoms with E-state index >= 15 is 0 Å². The van der Waals surface area contributed by atoms with Crippen molar-refractivity contribution in [2.45, 2.75) is 46.8 Å². The summed E-state index contributed by atoms with van der Waals surface area (Å²) >= 11 is 0. The highest BCUT2D eigenvalue weighted by Crippen LogP contribution is 2.22. The van der Waals surface area contributed by atoms with Crippen molar-refractivity contribution in [1.82, 2.24) is 20.4 Å². The number of hydrogen-bond acceptors (Lipinski definition) is 6. The van der Waals surface area contributed by atoms with Gasteiger partial charge in [0.1, 0.15) is 17.0 Å². The molecule has 1 heterocycles. The number of alkyl carbamates (subject to hydrolysis) is 1. The molecule has 0 aliphatic carbocycles. The number of rotatable bonds is 7. The van der Waals surface area contributed by atoms with Crippen molar-refractivity contribution in [3.05, 3.63) is 56.9 Å². The molecule has 0 bridgehead atoms. The Kier molecular flexibility index (Phi) is 7.14. The zero-order valence-electron chi connectivity index (χ0n) is 17.8. The van der Waals surface area contributed by atoms with Gasteiger partial charge in [0.25, 0.3) is 5.91 Å². The van der Waals surface area contributed by atoms with E-state index in [1.54, 1.807) is 63.6 Å². The number of amides is 2. The number of carbonyl (C=O) groups is 2. The fourth-order valence-corrected chi connectivity index (χ4v) is 2.80. The Morgan fingerprint density at radius 1 is 1.13 bits per heavy atom. The first-order valence-electron chi connectivity index (χ1n) is 9.50. The molecule has 10 heteroatoms. The lowest BCUT2D eigenvalue weighted by molar-refractivity contribution is -0.386. The number of nitrogens with one attached hydrogen (secondary N) is 2. The van der Waals surface area contributed by atoms with E-state index in [-0.39, 0.29) is 24.7 Å². The molecule has 2 aromatic rings. The van der Waals surface area contributed by atoms with Gasteiger partial charge in [0.05, 0.1) is 11.5 Å². The molecule has 0 saturated heterocycles. The van der Waals surface area contributed by atoms with Crippen LogP contribution in [0.1, 0.15) is 48.1 Å². The molecule has 0 unspecified atom stereocenters. The van der Waals surface area contributed by atoms with Crippen LogP contribution in [0.2, 0.25) is 0 Å². The van der Waals surface area contributed by atoms with Crippen molar-refractivity contribution in [3.63, 3.8) is 0 Å². The van der Waals surface area contributed by atoms with E-state index in [2.05, 4.69) is 15.7 Å². The van der Waals surface area contributed by atoms with Crippen molar-refractivity contribution in [1.29, 1.82) is 0 Å². The van der Waals surface area contributed by atoms with Gasteiger partial charge in [-0.3, -0.25) is 19.6 Å². The lowest BCUT2D eigenvalue weighted by Gasteiger charge is -2.19. The van der Waals surface area contributed by atoms with E-state index in [1.807, 2.05) is 0 Å². The second-order valence-electron chi connectivity index (χ2n) is 7.82. The number of aryl methyl sites for hydroxylation is 1. The van der Waals surface area contributed by atoms with Gasteiger partial charge in [-0.15, -0.1) is 0 Å². The van der Waals surface area contributed by atoms with Gasteiger partial charge in [0.2, 0.25) is 0 Å². The van der Waals surface area contributed by atoms with Crippen molar-refractivity contribution in [3.8, 4) is 0 Å². The van der Waals surface area contributed by atoms with Crippen LogP contribution in [0.15, 0.2) is 24.3 Å².